The Kier molecular flexibility index (Phi) is 6.41. The van der Waals surface area contributed by atoms with Gasteiger partial charge in [0.05, 0.1) is 5.71 Å². The van der Waals surface area contributed by atoms with Gasteiger partial charge in [-0.15, -0.1) is 0 Å². The van der Waals surface area contributed by atoms with Crippen LogP contribution >= 0.6 is 11.6 Å². The van der Waals surface area contributed by atoms with Crippen molar-refractivity contribution in [3.8, 4) is 22.3 Å². The third-order valence-electron chi connectivity index (χ3n) is 6.58. The molecule has 5 aromatic carbocycles. The Morgan fingerprint density at radius 2 is 1.08 bits per heavy atom. The molecular weight excluding hydrogens is 472 g/mol. The molecule has 0 saturated heterocycles. The van der Waals surface area contributed by atoms with E-state index in [-0.39, 0.29) is 6.17 Å². The maximum Gasteiger partial charge on any atom is 0.145 e. The van der Waals surface area contributed by atoms with Gasteiger partial charge in [0, 0.05) is 16.3 Å². The van der Waals surface area contributed by atoms with Crippen LogP contribution in [0.1, 0.15) is 22.9 Å². The predicted octanol–water partition coefficient (Wildman–Crippen LogP) is 8.81. The molecule has 5 aromatic rings. The van der Waals surface area contributed by atoms with Gasteiger partial charge in [-0.3, -0.25) is 4.99 Å². The first-order valence-corrected chi connectivity index (χ1v) is 12.7. The SMILES string of the molecule is Clc1cccc(-c2cccc(C3=NC(c4ccccc4)NC(c4ccc(-c5ccccc5)cc4)=C3)c2)c1. The van der Waals surface area contributed by atoms with Crippen LogP contribution in [0, 0.1) is 0 Å². The summed E-state index contributed by atoms with van der Waals surface area (Å²) >= 11 is 6.27. The monoisotopic (exact) mass is 496 g/mol. The Bertz CT molecular complexity index is 1590. The first-order chi connectivity index (χ1) is 18.2. The zero-order valence-electron chi connectivity index (χ0n) is 20.2. The van der Waals surface area contributed by atoms with Crippen molar-refractivity contribution >= 4 is 23.0 Å². The molecule has 0 aromatic heterocycles. The number of nitrogens with one attached hydrogen (secondary N) is 1. The number of aliphatic imine (C=N–C) groups is 1. The van der Waals surface area contributed by atoms with Gasteiger partial charge in [0.15, 0.2) is 0 Å². The van der Waals surface area contributed by atoms with E-state index >= 15 is 0 Å². The standard InChI is InChI=1S/C34H25ClN2/c35-31-16-8-14-29(22-31)28-13-7-15-30(21-28)33-23-32(36-34(37-33)27-11-5-2-6-12-27)26-19-17-25(18-20-26)24-9-3-1-4-10-24/h1-23,34,36H. The third kappa shape index (κ3) is 5.11. The molecule has 3 heteroatoms. The molecule has 1 unspecified atom stereocenters. The summed E-state index contributed by atoms with van der Waals surface area (Å²) in [6.07, 6.45) is 1.97. The minimum atomic E-state index is -0.181. The summed E-state index contributed by atoms with van der Waals surface area (Å²) in [5, 5.41) is 4.38. The van der Waals surface area contributed by atoms with Crippen LogP contribution in [0.3, 0.4) is 0 Å². The van der Waals surface area contributed by atoms with E-state index in [1.54, 1.807) is 0 Å². The van der Waals surface area contributed by atoms with Crippen LogP contribution in [0.25, 0.3) is 28.0 Å². The third-order valence-corrected chi connectivity index (χ3v) is 6.81. The van der Waals surface area contributed by atoms with E-state index in [4.69, 9.17) is 16.6 Å². The zero-order chi connectivity index (χ0) is 25.0. The number of nitrogens with zero attached hydrogens (tertiary/aromatic N) is 1. The molecule has 37 heavy (non-hydrogen) atoms. The summed E-state index contributed by atoms with van der Waals surface area (Å²) < 4.78 is 0. The zero-order valence-corrected chi connectivity index (χ0v) is 20.9. The van der Waals surface area contributed by atoms with Crippen LogP contribution in [0.5, 0.6) is 0 Å². The van der Waals surface area contributed by atoms with Crippen molar-refractivity contribution in [2.45, 2.75) is 6.17 Å². The summed E-state index contributed by atoms with van der Waals surface area (Å²) in [6.45, 7) is 0. The number of rotatable bonds is 5. The molecule has 1 atom stereocenters. The van der Waals surface area contributed by atoms with Crippen LogP contribution in [0.15, 0.2) is 145 Å². The van der Waals surface area contributed by atoms with Gasteiger partial charge in [-0.1, -0.05) is 127 Å². The van der Waals surface area contributed by atoms with Gasteiger partial charge in [0.1, 0.15) is 6.17 Å². The largest absolute Gasteiger partial charge is 0.360 e. The molecule has 178 valence electrons. The average molecular weight is 497 g/mol. The molecular formula is C34H25ClN2. The first kappa shape index (κ1) is 23.0. The minimum Gasteiger partial charge on any atom is -0.360 e. The van der Waals surface area contributed by atoms with Crippen molar-refractivity contribution in [1.82, 2.24) is 5.32 Å². The molecule has 0 fully saturated rings. The van der Waals surface area contributed by atoms with Crippen LogP contribution in [-0.2, 0) is 0 Å². The minimum absolute atomic E-state index is 0.181. The van der Waals surface area contributed by atoms with E-state index in [9.17, 15) is 0 Å². The highest BCUT2D eigenvalue weighted by Gasteiger charge is 2.19. The number of hydrogen-bond donors (Lipinski definition) is 1. The molecule has 1 aliphatic heterocycles. The highest BCUT2D eigenvalue weighted by atomic mass is 35.5. The van der Waals surface area contributed by atoms with Gasteiger partial charge < -0.3 is 5.32 Å². The highest BCUT2D eigenvalue weighted by Crippen LogP contribution is 2.30. The summed E-state index contributed by atoms with van der Waals surface area (Å²) in [5.41, 5.74) is 9.91. The van der Waals surface area contributed by atoms with Crippen molar-refractivity contribution in [2.75, 3.05) is 0 Å². The second-order valence-corrected chi connectivity index (χ2v) is 9.50. The molecule has 0 saturated carbocycles. The van der Waals surface area contributed by atoms with Gasteiger partial charge in [-0.05, 0) is 57.7 Å². The van der Waals surface area contributed by atoms with E-state index in [0.717, 1.165) is 44.2 Å². The number of halogens is 1. The second-order valence-electron chi connectivity index (χ2n) is 9.06. The summed E-state index contributed by atoms with van der Waals surface area (Å²) in [7, 11) is 0. The van der Waals surface area contributed by atoms with Gasteiger partial charge in [0.2, 0.25) is 0 Å². The molecule has 2 nitrogen and oxygen atoms in total. The molecule has 0 aliphatic carbocycles. The lowest BCUT2D eigenvalue weighted by Crippen LogP contribution is -2.24. The summed E-state index contributed by atoms with van der Waals surface area (Å²) in [5.74, 6) is 0. The lowest BCUT2D eigenvalue weighted by molar-refractivity contribution is 0.664. The van der Waals surface area contributed by atoms with Crippen molar-refractivity contribution in [1.29, 1.82) is 0 Å². The van der Waals surface area contributed by atoms with Crippen molar-refractivity contribution in [3.63, 3.8) is 0 Å². The van der Waals surface area contributed by atoms with Crippen molar-refractivity contribution in [2.24, 2.45) is 4.99 Å². The average Bonchev–Trinajstić information content (AvgIpc) is 2.98. The molecule has 0 bridgehead atoms. The maximum atomic E-state index is 6.27. The second kappa shape index (κ2) is 10.3. The van der Waals surface area contributed by atoms with Gasteiger partial charge in [-0.2, -0.15) is 0 Å². The Balaban J connectivity index is 1.39. The Morgan fingerprint density at radius 3 is 1.81 bits per heavy atom. The number of hydrogen-bond acceptors (Lipinski definition) is 2. The molecule has 1 heterocycles. The summed E-state index contributed by atoms with van der Waals surface area (Å²) in [6, 6.07) is 46.0. The lowest BCUT2D eigenvalue weighted by Gasteiger charge is -2.25. The van der Waals surface area contributed by atoms with E-state index in [1.807, 2.05) is 30.3 Å². The van der Waals surface area contributed by atoms with Crippen LogP contribution in [0.4, 0.5) is 0 Å². The van der Waals surface area contributed by atoms with Gasteiger partial charge in [0.25, 0.3) is 0 Å². The smallest absolute Gasteiger partial charge is 0.145 e. The number of benzene rings is 5. The van der Waals surface area contributed by atoms with Gasteiger partial charge >= 0.3 is 0 Å². The summed E-state index contributed by atoms with van der Waals surface area (Å²) in [4.78, 5) is 5.12. The van der Waals surface area contributed by atoms with E-state index in [2.05, 4.69) is 115 Å². The topological polar surface area (TPSA) is 24.4 Å². The van der Waals surface area contributed by atoms with E-state index < -0.39 is 0 Å². The fourth-order valence-electron chi connectivity index (χ4n) is 4.65. The van der Waals surface area contributed by atoms with Crippen LogP contribution in [0.2, 0.25) is 5.02 Å². The maximum absolute atomic E-state index is 6.27. The molecule has 0 amide bonds. The Hall–Kier alpha value is -4.40. The lowest BCUT2D eigenvalue weighted by atomic mass is 9.97. The van der Waals surface area contributed by atoms with Crippen molar-refractivity contribution < 1.29 is 0 Å². The van der Waals surface area contributed by atoms with Gasteiger partial charge in [-0.25, -0.2) is 0 Å². The highest BCUT2D eigenvalue weighted by molar-refractivity contribution is 6.30. The Morgan fingerprint density at radius 1 is 0.514 bits per heavy atom. The fraction of sp³-hybridized carbons (Fsp3) is 0.0294. The fourth-order valence-corrected chi connectivity index (χ4v) is 4.84. The predicted molar refractivity (Wildman–Crippen MR) is 156 cm³/mol. The van der Waals surface area contributed by atoms with E-state index in [0.29, 0.717) is 0 Å². The number of allylic oxidation sites excluding steroid dienone is 1. The molecule has 1 N–H and O–H groups in total. The normalized spacial score (nSPS) is 14.9. The molecule has 0 radical (unpaired) electrons. The molecule has 1 aliphatic rings. The quantitative estimate of drug-likeness (QED) is 0.258. The van der Waals surface area contributed by atoms with Crippen molar-refractivity contribution in [3.05, 3.63) is 161 Å². The molecule has 6 rings (SSSR count). The first-order valence-electron chi connectivity index (χ1n) is 12.4. The van der Waals surface area contributed by atoms with Crippen LogP contribution in [-0.4, -0.2) is 5.71 Å². The van der Waals surface area contributed by atoms with Crippen LogP contribution < -0.4 is 5.32 Å². The Labute approximate surface area is 222 Å². The van der Waals surface area contributed by atoms with E-state index in [1.165, 1.54) is 11.1 Å². The molecule has 0 spiro atoms.